The molecule has 4 nitrogen and oxygen atoms in total. The minimum Gasteiger partial charge on any atom is -0.405 e. The molecule has 2 aromatic heterocycles. The molecule has 4 aromatic rings. The molecule has 2 fully saturated rings. The van der Waals surface area contributed by atoms with E-state index in [0.29, 0.717) is 10.8 Å². The lowest BCUT2D eigenvalue weighted by Crippen LogP contribution is -2.41. The second-order valence-corrected chi connectivity index (χ2v) is 14.1. The molecular formula is C28H32B2BrF2O4S2. The van der Waals surface area contributed by atoms with Gasteiger partial charge in [-0.05, 0) is 112 Å². The fraction of sp³-hybridized carbons (Fsp3) is 0.429. The SMILES string of the molecule is CC1(C)OB(c2ccc(F)c3ccsc23)OC1(C)C.CC1(C)O[B]OC1(C)C.Fc1ccc(Br)c2sccc12. The molecule has 0 spiro atoms. The number of hydrogen-bond donors (Lipinski definition) is 0. The summed E-state index contributed by atoms with van der Waals surface area (Å²) < 4.78 is 52.0. The highest BCUT2D eigenvalue weighted by molar-refractivity contribution is 9.10. The molecule has 0 N–H and O–H groups in total. The van der Waals surface area contributed by atoms with E-state index in [-0.39, 0.29) is 34.0 Å². The Labute approximate surface area is 246 Å². The van der Waals surface area contributed by atoms with Gasteiger partial charge in [-0.15, -0.1) is 22.7 Å². The lowest BCUT2D eigenvalue weighted by Gasteiger charge is -2.32. The molecule has 0 unspecified atom stereocenters. The first-order chi connectivity index (χ1) is 18.1. The molecule has 4 heterocycles. The van der Waals surface area contributed by atoms with Gasteiger partial charge in [0.2, 0.25) is 0 Å². The van der Waals surface area contributed by atoms with Crippen molar-refractivity contribution in [3.8, 4) is 0 Å². The second-order valence-electron chi connectivity index (χ2n) is 11.4. The summed E-state index contributed by atoms with van der Waals surface area (Å²) in [5, 5.41) is 5.11. The van der Waals surface area contributed by atoms with E-state index in [1.54, 1.807) is 35.6 Å². The van der Waals surface area contributed by atoms with Crippen LogP contribution in [-0.2, 0) is 18.6 Å². The van der Waals surface area contributed by atoms with Crippen LogP contribution in [0.4, 0.5) is 8.78 Å². The third-order valence-corrected chi connectivity index (χ3v) is 10.6. The number of halogens is 3. The van der Waals surface area contributed by atoms with Gasteiger partial charge in [0.1, 0.15) is 11.6 Å². The molecule has 39 heavy (non-hydrogen) atoms. The van der Waals surface area contributed by atoms with Crippen LogP contribution in [0.15, 0.2) is 51.6 Å². The third kappa shape index (κ3) is 6.15. The topological polar surface area (TPSA) is 36.9 Å². The molecule has 2 aliphatic rings. The van der Waals surface area contributed by atoms with E-state index >= 15 is 0 Å². The fourth-order valence-electron chi connectivity index (χ4n) is 3.75. The minimum absolute atomic E-state index is 0.149. The van der Waals surface area contributed by atoms with Crippen molar-refractivity contribution in [3.05, 3.63) is 63.3 Å². The first-order valence-corrected chi connectivity index (χ1v) is 15.1. The monoisotopic (exact) mass is 635 g/mol. The number of fused-ring (bicyclic) bond motifs is 2. The lowest BCUT2D eigenvalue weighted by atomic mass is 9.78. The van der Waals surface area contributed by atoms with Gasteiger partial charge in [-0.1, -0.05) is 6.07 Å². The van der Waals surface area contributed by atoms with E-state index in [9.17, 15) is 8.78 Å². The normalized spacial score (nSPS) is 20.2. The van der Waals surface area contributed by atoms with Gasteiger partial charge in [0.15, 0.2) is 0 Å². The highest BCUT2D eigenvalue weighted by Crippen LogP contribution is 2.38. The maximum atomic E-state index is 13.7. The molecular weight excluding hydrogens is 604 g/mol. The van der Waals surface area contributed by atoms with Crippen LogP contribution in [0.1, 0.15) is 55.4 Å². The van der Waals surface area contributed by atoms with Crippen molar-refractivity contribution < 1.29 is 27.4 Å². The Morgan fingerprint density at radius 3 is 1.59 bits per heavy atom. The zero-order chi connectivity index (χ0) is 28.8. The van der Waals surface area contributed by atoms with Gasteiger partial charge in [-0.3, -0.25) is 0 Å². The number of thiophene rings is 2. The van der Waals surface area contributed by atoms with Crippen molar-refractivity contribution in [2.75, 3.05) is 0 Å². The summed E-state index contributed by atoms with van der Waals surface area (Å²) >= 11 is 6.41. The molecule has 207 valence electrons. The Balaban J connectivity index is 0.000000149. The quantitative estimate of drug-likeness (QED) is 0.197. The highest BCUT2D eigenvalue weighted by Gasteiger charge is 2.52. The summed E-state index contributed by atoms with van der Waals surface area (Å²) in [6.45, 7) is 16.1. The van der Waals surface area contributed by atoms with Crippen LogP contribution in [0.3, 0.4) is 0 Å². The average Bonchev–Trinajstić information content (AvgIpc) is 3.60. The Morgan fingerprint density at radius 2 is 1.13 bits per heavy atom. The molecule has 0 atom stereocenters. The molecule has 0 aliphatic carbocycles. The first kappa shape index (κ1) is 30.6. The second kappa shape index (κ2) is 11.2. The van der Waals surface area contributed by atoms with Crippen molar-refractivity contribution in [1.29, 1.82) is 0 Å². The minimum atomic E-state index is -0.438. The number of hydrogen-bond acceptors (Lipinski definition) is 6. The van der Waals surface area contributed by atoms with Crippen molar-refractivity contribution in [1.82, 2.24) is 0 Å². The molecule has 1 radical (unpaired) electrons. The van der Waals surface area contributed by atoms with Crippen molar-refractivity contribution >= 4 is 79.0 Å². The van der Waals surface area contributed by atoms with Gasteiger partial charge in [0, 0.05) is 25.4 Å². The first-order valence-electron chi connectivity index (χ1n) is 12.6. The van der Waals surface area contributed by atoms with Gasteiger partial charge in [0.05, 0.1) is 27.1 Å². The zero-order valence-corrected chi connectivity index (χ0v) is 26.6. The smallest absolute Gasteiger partial charge is 0.405 e. The molecule has 2 aromatic carbocycles. The van der Waals surface area contributed by atoms with Crippen molar-refractivity contribution in [2.24, 2.45) is 0 Å². The predicted molar refractivity (Wildman–Crippen MR) is 163 cm³/mol. The maximum absolute atomic E-state index is 13.7. The number of benzene rings is 2. The molecule has 6 rings (SSSR count). The Bertz CT molecular complexity index is 1400. The molecule has 0 bridgehead atoms. The molecule has 0 amide bonds. The number of rotatable bonds is 1. The van der Waals surface area contributed by atoms with E-state index in [4.69, 9.17) is 18.6 Å². The van der Waals surface area contributed by atoms with Crippen LogP contribution in [0.5, 0.6) is 0 Å². The van der Waals surface area contributed by atoms with Gasteiger partial charge in [-0.25, -0.2) is 8.78 Å². The van der Waals surface area contributed by atoms with Crippen molar-refractivity contribution in [2.45, 2.75) is 77.8 Å². The zero-order valence-electron chi connectivity index (χ0n) is 23.4. The van der Waals surface area contributed by atoms with E-state index in [1.807, 2.05) is 66.2 Å². The van der Waals surface area contributed by atoms with Crippen molar-refractivity contribution in [3.63, 3.8) is 0 Å². The van der Waals surface area contributed by atoms with Gasteiger partial charge in [0.25, 0.3) is 0 Å². The van der Waals surface area contributed by atoms with E-state index in [1.165, 1.54) is 31.2 Å². The standard InChI is InChI=1S/C14H16BFO2S.C8H4BrFS.C6H12BO2/c1-13(2)14(3,4)18-15(17-13)10-5-6-11(16)9-7-8-19-12(9)10;9-6-1-2-7(10)5-3-4-11-8(5)6;1-5(2)6(3,4)9-7-8-5/h5-8H,1-4H3;1-4H;1-4H3. The van der Waals surface area contributed by atoms with Gasteiger partial charge < -0.3 is 18.6 Å². The lowest BCUT2D eigenvalue weighted by molar-refractivity contribution is 0.00578. The van der Waals surface area contributed by atoms with E-state index in [0.717, 1.165) is 19.3 Å². The summed E-state index contributed by atoms with van der Waals surface area (Å²) in [4.78, 5) is 0. The summed E-state index contributed by atoms with van der Waals surface area (Å²) in [5.41, 5.74) is -0.226. The Morgan fingerprint density at radius 1 is 0.667 bits per heavy atom. The summed E-state index contributed by atoms with van der Waals surface area (Å²) in [6, 6.07) is 10.0. The summed E-state index contributed by atoms with van der Waals surface area (Å²) in [7, 11) is 0.978. The van der Waals surface area contributed by atoms with Crippen LogP contribution in [0, 0.1) is 11.6 Å². The Hall–Kier alpha value is -1.33. The van der Waals surface area contributed by atoms with Gasteiger partial charge in [-0.2, -0.15) is 0 Å². The van der Waals surface area contributed by atoms with Crippen LogP contribution in [0.25, 0.3) is 20.2 Å². The average molecular weight is 636 g/mol. The van der Waals surface area contributed by atoms with Gasteiger partial charge >= 0.3 is 14.8 Å². The molecule has 2 aliphatic heterocycles. The summed E-state index contributed by atoms with van der Waals surface area (Å²) in [5.74, 6) is -0.346. The molecule has 0 saturated carbocycles. The van der Waals surface area contributed by atoms with E-state index in [2.05, 4.69) is 15.9 Å². The maximum Gasteiger partial charge on any atom is 0.496 e. The third-order valence-electron chi connectivity index (χ3n) is 7.75. The highest BCUT2D eigenvalue weighted by atomic mass is 79.9. The van der Waals surface area contributed by atoms with Crippen LogP contribution >= 0.6 is 38.6 Å². The fourth-order valence-corrected chi connectivity index (χ4v) is 6.12. The van der Waals surface area contributed by atoms with Crippen LogP contribution < -0.4 is 5.46 Å². The van der Waals surface area contributed by atoms with Crippen LogP contribution in [-0.4, -0.2) is 37.2 Å². The van der Waals surface area contributed by atoms with Crippen LogP contribution in [0.2, 0.25) is 0 Å². The van der Waals surface area contributed by atoms with E-state index < -0.39 is 7.12 Å². The predicted octanol–water partition coefficient (Wildman–Crippen LogP) is 8.27. The Kier molecular flexibility index (Phi) is 8.76. The largest absolute Gasteiger partial charge is 0.496 e. The molecule has 11 heteroatoms. The molecule has 2 saturated heterocycles. The summed E-state index contributed by atoms with van der Waals surface area (Å²) in [6.07, 6.45) is 0.